The largest absolute Gasteiger partial charge is 0.448 e. The number of nitrogens with one attached hydrogen (secondary N) is 2. The molecule has 0 aliphatic carbocycles. The van der Waals surface area contributed by atoms with Crippen LogP contribution in [0, 0.1) is 0 Å². The Morgan fingerprint density at radius 1 is 1.12 bits per heavy atom. The number of nitrogens with two attached hydrogens (primary N) is 2. The first-order valence-corrected chi connectivity index (χ1v) is 17.7. The van der Waals surface area contributed by atoms with E-state index < -0.39 is 47.8 Å². The lowest BCUT2D eigenvalue weighted by Gasteiger charge is -2.49. The summed E-state index contributed by atoms with van der Waals surface area (Å²) in [6.45, 7) is -0.573. The Balaban J connectivity index is 1.27. The van der Waals surface area contributed by atoms with Gasteiger partial charge in [0.1, 0.15) is 22.8 Å². The zero-order chi connectivity index (χ0) is 35.2. The number of carbonyl (C=O) groups excluding carboxylic acids is 4. The molecule has 0 saturated carbocycles. The molecule has 6 rings (SSSR count). The summed E-state index contributed by atoms with van der Waals surface area (Å²) in [6.07, 6.45) is -0.764. The van der Waals surface area contributed by atoms with Crippen LogP contribution in [0.5, 0.6) is 0 Å². The molecular weight excluding hydrogens is 707 g/mol. The molecule has 4 aromatic rings. The fourth-order valence-corrected chi connectivity index (χ4v) is 7.92. The summed E-state index contributed by atoms with van der Waals surface area (Å²) in [6, 6.07) is 17.5. The van der Waals surface area contributed by atoms with Gasteiger partial charge in [0.15, 0.2) is 23.6 Å². The summed E-state index contributed by atoms with van der Waals surface area (Å²) >= 11 is 3.73. The van der Waals surface area contributed by atoms with Gasteiger partial charge in [-0.05, 0) is 27.1 Å². The molecule has 2 aliphatic rings. The number of benzene rings is 2. The van der Waals surface area contributed by atoms with Gasteiger partial charge in [0.2, 0.25) is 5.16 Å². The molecule has 1 saturated heterocycles. The number of amides is 3. The number of esters is 1. The normalized spacial score (nSPS) is 17.2. The van der Waals surface area contributed by atoms with Crippen molar-refractivity contribution in [3.05, 3.63) is 94.1 Å². The average Bonchev–Trinajstić information content (AvgIpc) is 3.77. The number of aryl methyl sites for hydroxylation is 1. The van der Waals surface area contributed by atoms with Crippen LogP contribution in [0.15, 0.2) is 87.6 Å². The molecule has 3 amide bonds. The number of fused-ring (bicyclic) bond motifs is 1. The zero-order valence-electron chi connectivity index (χ0n) is 26.2. The van der Waals surface area contributed by atoms with Crippen molar-refractivity contribution in [1.29, 1.82) is 0 Å². The van der Waals surface area contributed by atoms with Gasteiger partial charge in [0.05, 0.1) is 0 Å². The van der Waals surface area contributed by atoms with Gasteiger partial charge in [-0.3, -0.25) is 24.7 Å². The third-order valence-corrected chi connectivity index (χ3v) is 10.5. The van der Waals surface area contributed by atoms with E-state index in [0.29, 0.717) is 16.5 Å². The number of hydrogen-bond acceptors (Lipinski definition) is 16. The van der Waals surface area contributed by atoms with Gasteiger partial charge < -0.3 is 20.6 Å². The first-order valence-electron chi connectivity index (χ1n) is 14.8. The molecule has 0 spiro atoms. The van der Waals surface area contributed by atoms with Crippen LogP contribution in [0.25, 0.3) is 0 Å². The Labute approximate surface area is 296 Å². The standard InChI is InChI=1S/C30H29N11O6S3/c1-40-30(36-38-39-40)50-14-18-13-48-27-22(34-25(43)21(19-15-49-29(31)33-19)37-46-12-20(42)35-32)26(44)41(27)23(18)28(45)47-24(16-8-4-2-5-9-16)17-10-6-3-7-11-17/h2-11,15,22,24,27H,12-14,32H2,1H3,(H2,31,33)(H,34,43)(H,35,42)/b37-21+/t22?,27-/m1/s1. The molecule has 1 fully saturated rings. The number of carbonyl (C=O) groups is 4. The van der Waals surface area contributed by atoms with Gasteiger partial charge in [0, 0.05) is 23.9 Å². The van der Waals surface area contributed by atoms with Crippen LogP contribution >= 0.6 is 34.9 Å². The quantitative estimate of drug-likeness (QED) is 0.0282. The molecule has 6 N–H and O–H groups in total. The van der Waals surface area contributed by atoms with Gasteiger partial charge in [-0.25, -0.2) is 20.3 Å². The maximum Gasteiger partial charge on any atom is 0.356 e. The first-order chi connectivity index (χ1) is 24.2. The van der Waals surface area contributed by atoms with Crippen LogP contribution in [-0.4, -0.2) is 89.0 Å². The highest BCUT2D eigenvalue weighted by molar-refractivity contribution is 8.01. The van der Waals surface area contributed by atoms with Gasteiger partial charge >= 0.3 is 5.97 Å². The predicted octanol–water partition coefficient (Wildman–Crippen LogP) is 0.739. The van der Waals surface area contributed by atoms with Gasteiger partial charge in [-0.2, -0.15) is 0 Å². The Hall–Kier alpha value is -5.31. The van der Waals surface area contributed by atoms with Crippen molar-refractivity contribution in [1.82, 2.24) is 40.8 Å². The van der Waals surface area contributed by atoms with E-state index in [9.17, 15) is 19.2 Å². The molecule has 20 heteroatoms. The van der Waals surface area contributed by atoms with Crippen LogP contribution in [0.1, 0.15) is 22.9 Å². The Morgan fingerprint density at radius 2 is 1.82 bits per heavy atom. The topological polar surface area (TPSA) is 235 Å². The molecule has 0 radical (unpaired) electrons. The molecule has 1 unspecified atom stereocenters. The minimum absolute atomic E-state index is 0.0766. The first kappa shape index (κ1) is 34.5. The lowest BCUT2D eigenvalue weighted by molar-refractivity contribution is -0.154. The number of nitrogens with zero attached hydrogens (tertiary/aromatic N) is 7. The fourth-order valence-electron chi connectivity index (χ4n) is 5.03. The molecule has 2 atom stereocenters. The van der Waals surface area contributed by atoms with E-state index in [4.69, 9.17) is 21.2 Å². The number of hydrogen-bond donors (Lipinski definition) is 4. The Morgan fingerprint density at radius 3 is 2.42 bits per heavy atom. The number of nitrogen functional groups attached to an aromatic ring is 1. The second-order valence-corrected chi connectivity index (χ2v) is 13.6. The lowest BCUT2D eigenvalue weighted by atomic mass is 10.0. The lowest BCUT2D eigenvalue weighted by Crippen LogP contribution is -2.71. The average molecular weight is 736 g/mol. The maximum absolute atomic E-state index is 14.2. The molecule has 4 heterocycles. The summed E-state index contributed by atoms with van der Waals surface area (Å²) in [4.78, 5) is 63.6. The molecular formula is C30H29N11O6S3. The van der Waals surface area contributed by atoms with Crippen molar-refractivity contribution in [2.75, 3.05) is 23.8 Å². The second kappa shape index (κ2) is 15.5. The van der Waals surface area contributed by atoms with E-state index in [1.54, 1.807) is 7.05 Å². The summed E-state index contributed by atoms with van der Waals surface area (Å²) in [5.74, 6) is 2.97. The number of tetrazole rings is 1. The van der Waals surface area contributed by atoms with Crippen molar-refractivity contribution in [2.45, 2.75) is 22.7 Å². The number of β-lactam (4-membered cyclic amide) rings is 1. The number of oxime groups is 1. The van der Waals surface area contributed by atoms with E-state index in [2.05, 4.69) is 31.0 Å². The third kappa shape index (κ3) is 7.47. The van der Waals surface area contributed by atoms with Gasteiger partial charge in [0.25, 0.3) is 17.7 Å². The number of hydrazine groups is 1. The van der Waals surface area contributed by atoms with Crippen molar-refractivity contribution >= 4 is 69.4 Å². The molecule has 2 aliphatic heterocycles. The number of ether oxygens (including phenoxy) is 1. The molecule has 17 nitrogen and oxygen atoms in total. The van der Waals surface area contributed by atoms with Crippen molar-refractivity contribution in [3.63, 3.8) is 0 Å². The van der Waals surface area contributed by atoms with Crippen LogP contribution in [-0.2, 0) is 35.8 Å². The molecule has 0 bridgehead atoms. The Bertz CT molecular complexity index is 1910. The monoisotopic (exact) mass is 735 g/mol. The SMILES string of the molecule is Cn1nnnc1SCC1=C(C(=O)OC(c2ccccc2)c2ccccc2)N2C(=O)C(NC(=O)/C(=N/OCC(=O)NN)c3csc(N)n3)[C@H]2SC1. The highest BCUT2D eigenvalue weighted by Crippen LogP contribution is 2.42. The molecule has 258 valence electrons. The number of thioether (sulfide) groups is 2. The van der Waals surface area contributed by atoms with Crippen molar-refractivity contribution in [3.8, 4) is 0 Å². The van der Waals surface area contributed by atoms with Gasteiger partial charge in [-0.15, -0.1) is 28.2 Å². The number of thiazole rings is 1. The van der Waals surface area contributed by atoms with Crippen LogP contribution in [0.3, 0.4) is 0 Å². The summed E-state index contributed by atoms with van der Waals surface area (Å²) < 4.78 is 7.71. The minimum atomic E-state index is -1.04. The minimum Gasteiger partial charge on any atom is -0.448 e. The van der Waals surface area contributed by atoms with Gasteiger partial charge in [-0.1, -0.05) is 77.6 Å². The van der Waals surface area contributed by atoms with Crippen LogP contribution < -0.4 is 22.3 Å². The predicted molar refractivity (Wildman–Crippen MR) is 184 cm³/mol. The van der Waals surface area contributed by atoms with Crippen LogP contribution in [0.4, 0.5) is 5.13 Å². The smallest absolute Gasteiger partial charge is 0.356 e. The van der Waals surface area contributed by atoms with Crippen molar-refractivity contribution in [2.24, 2.45) is 18.0 Å². The Kier molecular flexibility index (Phi) is 10.7. The van der Waals surface area contributed by atoms with E-state index in [-0.39, 0.29) is 28.0 Å². The van der Waals surface area contributed by atoms with E-state index >= 15 is 0 Å². The third-order valence-electron chi connectivity index (χ3n) is 7.41. The van der Waals surface area contributed by atoms with E-state index in [1.165, 1.54) is 38.5 Å². The number of rotatable bonds is 13. The van der Waals surface area contributed by atoms with E-state index in [1.807, 2.05) is 66.1 Å². The summed E-state index contributed by atoms with van der Waals surface area (Å²) in [7, 11) is 1.70. The molecule has 2 aromatic heterocycles. The highest BCUT2D eigenvalue weighted by Gasteiger charge is 2.55. The summed E-state index contributed by atoms with van der Waals surface area (Å²) in [5, 5.41) is 19.5. The number of anilines is 1. The number of aromatic nitrogens is 5. The summed E-state index contributed by atoms with van der Waals surface area (Å²) in [5.41, 5.74) is 9.63. The second-order valence-electron chi connectivity index (χ2n) is 10.6. The van der Waals surface area contributed by atoms with Crippen molar-refractivity contribution < 1.29 is 28.8 Å². The zero-order valence-corrected chi connectivity index (χ0v) is 28.6. The molecule has 2 aromatic carbocycles. The fraction of sp³-hybridized carbons (Fsp3) is 0.233. The maximum atomic E-state index is 14.2. The highest BCUT2D eigenvalue weighted by atomic mass is 32.2. The van der Waals surface area contributed by atoms with Crippen LogP contribution in [0.2, 0.25) is 0 Å². The molecule has 50 heavy (non-hydrogen) atoms. The van der Waals surface area contributed by atoms with E-state index in [0.717, 1.165) is 22.5 Å².